The minimum Gasteiger partial charge on any atom is -0.484 e. The van der Waals surface area contributed by atoms with E-state index in [0.717, 1.165) is 12.0 Å². The molecule has 0 N–H and O–H groups in total. The van der Waals surface area contributed by atoms with Crippen LogP contribution in [0.25, 0.3) is 0 Å². The number of ether oxygens (including phenoxy) is 1. The van der Waals surface area contributed by atoms with Crippen LogP contribution in [0, 0.1) is 0 Å². The molecule has 2 heterocycles. The Morgan fingerprint density at radius 1 is 1.00 bits per heavy atom. The molecule has 0 saturated heterocycles. The minimum atomic E-state index is -0.102. The largest absolute Gasteiger partial charge is 0.484 e. The zero-order chi connectivity index (χ0) is 17.8. The van der Waals surface area contributed by atoms with Crippen LogP contribution in [0.3, 0.4) is 0 Å². The molecule has 1 aliphatic heterocycles. The number of rotatable bonds is 4. The van der Waals surface area contributed by atoms with Crippen LogP contribution in [0.15, 0.2) is 79.1 Å². The summed E-state index contributed by atoms with van der Waals surface area (Å²) in [6.45, 7) is 0.717. The molecular formula is C22H20N2O2. The lowest BCUT2D eigenvalue weighted by atomic mass is 9.88. The lowest BCUT2D eigenvalue weighted by Gasteiger charge is -2.37. The Hall–Kier alpha value is -3.14. The summed E-state index contributed by atoms with van der Waals surface area (Å²) in [5.74, 6) is 0.698. The van der Waals surface area contributed by atoms with Gasteiger partial charge in [-0.2, -0.15) is 0 Å². The fourth-order valence-corrected chi connectivity index (χ4v) is 3.49. The van der Waals surface area contributed by atoms with Crippen LogP contribution in [0.4, 0.5) is 0 Å². The number of carbonyl (C=O) groups is 1. The lowest BCUT2D eigenvalue weighted by molar-refractivity contribution is -0.135. The molecule has 0 aliphatic carbocycles. The van der Waals surface area contributed by atoms with Crippen LogP contribution in [0.2, 0.25) is 0 Å². The molecule has 130 valence electrons. The second-order valence-corrected chi connectivity index (χ2v) is 6.32. The van der Waals surface area contributed by atoms with Crippen molar-refractivity contribution < 1.29 is 9.53 Å². The lowest BCUT2D eigenvalue weighted by Crippen LogP contribution is -2.42. The van der Waals surface area contributed by atoms with Gasteiger partial charge in [-0.25, -0.2) is 0 Å². The maximum Gasteiger partial charge on any atom is 0.261 e. The maximum atomic E-state index is 13.0. The van der Waals surface area contributed by atoms with Crippen LogP contribution in [0.5, 0.6) is 5.75 Å². The van der Waals surface area contributed by atoms with E-state index in [1.807, 2.05) is 53.4 Å². The van der Waals surface area contributed by atoms with Crippen molar-refractivity contribution in [3.8, 4) is 5.75 Å². The highest BCUT2D eigenvalue weighted by atomic mass is 16.5. The second kappa shape index (κ2) is 7.40. The van der Waals surface area contributed by atoms with Crippen molar-refractivity contribution in [3.05, 3.63) is 95.8 Å². The summed E-state index contributed by atoms with van der Waals surface area (Å²) in [6, 6.07) is 21.6. The minimum absolute atomic E-state index is 0.00910. The Kier molecular flexibility index (Phi) is 4.65. The van der Waals surface area contributed by atoms with E-state index in [1.165, 1.54) is 11.1 Å². The van der Waals surface area contributed by atoms with Crippen molar-refractivity contribution >= 4 is 5.91 Å². The number of nitrogens with zero attached hydrogens (tertiary/aromatic N) is 2. The van der Waals surface area contributed by atoms with Crippen molar-refractivity contribution in [2.24, 2.45) is 0 Å². The van der Waals surface area contributed by atoms with Crippen LogP contribution in [-0.2, 0) is 11.2 Å². The predicted octanol–water partition coefficient (Wildman–Crippen LogP) is 3.63. The third-order valence-electron chi connectivity index (χ3n) is 4.73. The summed E-state index contributed by atoms with van der Waals surface area (Å²) < 4.78 is 5.69. The van der Waals surface area contributed by atoms with E-state index in [2.05, 4.69) is 23.2 Å². The quantitative estimate of drug-likeness (QED) is 0.726. The van der Waals surface area contributed by atoms with Gasteiger partial charge in [0.1, 0.15) is 5.75 Å². The zero-order valence-electron chi connectivity index (χ0n) is 14.4. The Balaban J connectivity index is 1.61. The van der Waals surface area contributed by atoms with Crippen molar-refractivity contribution in [2.45, 2.75) is 12.5 Å². The van der Waals surface area contributed by atoms with E-state index in [1.54, 1.807) is 12.4 Å². The van der Waals surface area contributed by atoms with Crippen LogP contribution >= 0.6 is 0 Å². The van der Waals surface area contributed by atoms with Crippen molar-refractivity contribution in [2.75, 3.05) is 13.2 Å². The maximum absolute atomic E-state index is 13.0. The molecule has 26 heavy (non-hydrogen) atoms. The third kappa shape index (κ3) is 3.31. The summed E-state index contributed by atoms with van der Waals surface area (Å²) >= 11 is 0. The summed E-state index contributed by atoms with van der Waals surface area (Å²) in [4.78, 5) is 19.0. The number of fused-ring (bicyclic) bond motifs is 1. The smallest absolute Gasteiger partial charge is 0.261 e. The van der Waals surface area contributed by atoms with E-state index >= 15 is 0 Å². The highest BCUT2D eigenvalue weighted by Crippen LogP contribution is 2.34. The first-order valence-corrected chi connectivity index (χ1v) is 8.78. The van der Waals surface area contributed by atoms with Gasteiger partial charge >= 0.3 is 0 Å². The SMILES string of the molecule is O=C(COc1ccccc1)N1CCc2ccccc2C1c1ccncc1. The summed E-state index contributed by atoms with van der Waals surface area (Å²) in [5, 5.41) is 0. The molecule has 1 aliphatic rings. The number of hydrogen-bond donors (Lipinski definition) is 0. The van der Waals surface area contributed by atoms with Gasteiger partial charge in [-0.1, -0.05) is 42.5 Å². The van der Waals surface area contributed by atoms with Crippen molar-refractivity contribution in [3.63, 3.8) is 0 Å². The number of aromatic nitrogens is 1. The van der Waals surface area contributed by atoms with Gasteiger partial charge in [0.25, 0.3) is 5.91 Å². The van der Waals surface area contributed by atoms with Gasteiger partial charge < -0.3 is 9.64 Å². The van der Waals surface area contributed by atoms with E-state index in [-0.39, 0.29) is 18.6 Å². The molecule has 1 unspecified atom stereocenters. The first-order valence-electron chi connectivity index (χ1n) is 8.78. The number of hydrogen-bond acceptors (Lipinski definition) is 3. The molecule has 3 aromatic rings. The van der Waals surface area contributed by atoms with Gasteiger partial charge in [0.15, 0.2) is 6.61 Å². The number of pyridine rings is 1. The standard InChI is InChI=1S/C22H20N2O2/c25-21(16-26-19-7-2-1-3-8-19)24-15-12-17-6-4-5-9-20(17)22(24)18-10-13-23-14-11-18/h1-11,13-14,22H,12,15-16H2. The fraction of sp³-hybridized carbons (Fsp3) is 0.182. The number of benzene rings is 2. The second-order valence-electron chi connectivity index (χ2n) is 6.32. The zero-order valence-corrected chi connectivity index (χ0v) is 14.4. The monoisotopic (exact) mass is 344 g/mol. The molecule has 4 rings (SSSR count). The molecule has 1 aromatic heterocycles. The van der Waals surface area contributed by atoms with E-state index in [9.17, 15) is 4.79 Å². The van der Waals surface area contributed by atoms with Gasteiger partial charge in [-0.15, -0.1) is 0 Å². The van der Waals surface area contributed by atoms with E-state index in [4.69, 9.17) is 4.74 Å². The number of amides is 1. The Morgan fingerprint density at radius 3 is 2.54 bits per heavy atom. The molecule has 4 nitrogen and oxygen atoms in total. The Morgan fingerprint density at radius 2 is 1.73 bits per heavy atom. The van der Waals surface area contributed by atoms with Crippen LogP contribution in [0.1, 0.15) is 22.7 Å². The first-order chi connectivity index (χ1) is 12.8. The first kappa shape index (κ1) is 16.3. The topological polar surface area (TPSA) is 42.4 Å². The molecule has 0 fully saturated rings. The average molecular weight is 344 g/mol. The van der Waals surface area contributed by atoms with Gasteiger partial charge in [0.05, 0.1) is 6.04 Å². The van der Waals surface area contributed by atoms with Gasteiger partial charge in [-0.3, -0.25) is 9.78 Å². The number of carbonyl (C=O) groups excluding carboxylic acids is 1. The van der Waals surface area contributed by atoms with E-state index < -0.39 is 0 Å². The van der Waals surface area contributed by atoms with Gasteiger partial charge in [0, 0.05) is 18.9 Å². The third-order valence-corrected chi connectivity index (χ3v) is 4.73. The highest BCUT2D eigenvalue weighted by molar-refractivity contribution is 5.79. The highest BCUT2D eigenvalue weighted by Gasteiger charge is 2.31. The Bertz CT molecular complexity index is 881. The summed E-state index contributed by atoms with van der Waals surface area (Å²) in [7, 11) is 0. The molecule has 0 saturated carbocycles. The van der Waals surface area contributed by atoms with Crippen molar-refractivity contribution in [1.29, 1.82) is 0 Å². The summed E-state index contributed by atoms with van der Waals surface area (Å²) in [6.07, 6.45) is 4.40. The molecule has 1 atom stereocenters. The summed E-state index contributed by atoms with van der Waals surface area (Å²) in [5.41, 5.74) is 3.54. The predicted molar refractivity (Wildman–Crippen MR) is 99.9 cm³/mol. The van der Waals surface area contributed by atoms with Crippen molar-refractivity contribution in [1.82, 2.24) is 9.88 Å². The fourth-order valence-electron chi connectivity index (χ4n) is 3.49. The molecule has 0 radical (unpaired) electrons. The van der Waals surface area contributed by atoms with Crippen LogP contribution in [-0.4, -0.2) is 28.9 Å². The molecule has 0 bridgehead atoms. The van der Waals surface area contributed by atoms with Gasteiger partial charge in [-0.05, 0) is 47.4 Å². The molecular weight excluding hydrogens is 324 g/mol. The normalized spacial score (nSPS) is 16.0. The molecule has 2 aromatic carbocycles. The number of para-hydroxylation sites is 1. The van der Waals surface area contributed by atoms with Gasteiger partial charge in [0.2, 0.25) is 0 Å². The average Bonchev–Trinajstić information content (AvgIpc) is 2.72. The Labute approximate surface area is 153 Å². The van der Waals surface area contributed by atoms with E-state index in [0.29, 0.717) is 12.3 Å². The molecule has 4 heteroatoms. The molecule has 1 amide bonds. The van der Waals surface area contributed by atoms with Crippen LogP contribution < -0.4 is 4.74 Å². The molecule has 0 spiro atoms.